The number of methoxy groups -OCH3 is 1. The third-order valence-electron chi connectivity index (χ3n) is 2.70. The average molecular weight is 263 g/mol. The Morgan fingerprint density at radius 1 is 1.33 bits per heavy atom. The Labute approximate surface area is 111 Å². The summed E-state index contributed by atoms with van der Waals surface area (Å²) in [6.45, 7) is 2.13. The van der Waals surface area contributed by atoms with Crippen LogP contribution in [0.4, 0.5) is 5.69 Å². The number of anilines is 1. The molecule has 0 saturated heterocycles. The average Bonchev–Trinajstić information content (AvgIpc) is 2.82. The van der Waals surface area contributed by atoms with Gasteiger partial charge in [-0.15, -0.1) is 11.3 Å². The molecule has 1 unspecified atom stereocenters. The van der Waals surface area contributed by atoms with Gasteiger partial charge in [0.1, 0.15) is 5.75 Å². The molecule has 96 valence electrons. The smallest absolute Gasteiger partial charge is 0.120 e. The summed E-state index contributed by atoms with van der Waals surface area (Å²) >= 11 is 1.70. The van der Waals surface area contributed by atoms with E-state index in [1.807, 2.05) is 30.3 Å². The van der Waals surface area contributed by atoms with Crippen LogP contribution < -0.4 is 10.1 Å². The Hall–Kier alpha value is -1.52. The van der Waals surface area contributed by atoms with Gasteiger partial charge >= 0.3 is 0 Å². The quantitative estimate of drug-likeness (QED) is 0.870. The van der Waals surface area contributed by atoms with Crippen molar-refractivity contribution in [3.63, 3.8) is 0 Å². The van der Waals surface area contributed by atoms with E-state index >= 15 is 0 Å². The fraction of sp³-hybridized carbons (Fsp3) is 0.286. The van der Waals surface area contributed by atoms with Crippen molar-refractivity contribution in [3.8, 4) is 5.75 Å². The minimum absolute atomic E-state index is 0.0666. The third-order valence-corrected chi connectivity index (χ3v) is 3.81. The molecule has 4 heteroatoms. The zero-order valence-corrected chi connectivity index (χ0v) is 11.3. The van der Waals surface area contributed by atoms with Gasteiger partial charge in [-0.2, -0.15) is 0 Å². The third kappa shape index (κ3) is 3.03. The Kier molecular flexibility index (Phi) is 4.23. The number of hydrogen-bond acceptors (Lipinski definition) is 4. The van der Waals surface area contributed by atoms with Gasteiger partial charge in [-0.3, -0.25) is 0 Å². The molecule has 3 nitrogen and oxygen atoms in total. The van der Waals surface area contributed by atoms with E-state index in [-0.39, 0.29) is 12.6 Å². The second-order valence-corrected chi connectivity index (χ2v) is 5.38. The molecule has 2 aromatic rings. The van der Waals surface area contributed by atoms with Crippen molar-refractivity contribution >= 4 is 17.0 Å². The summed E-state index contributed by atoms with van der Waals surface area (Å²) in [5, 5.41) is 12.8. The van der Waals surface area contributed by atoms with Crippen molar-refractivity contribution in [2.75, 3.05) is 19.0 Å². The molecule has 0 bridgehead atoms. The van der Waals surface area contributed by atoms with Gasteiger partial charge in [-0.1, -0.05) is 6.07 Å². The zero-order valence-electron chi connectivity index (χ0n) is 10.5. The molecule has 1 aromatic carbocycles. The summed E-state index contributed by atoms with van der Waals surface area (Å²) in [7, 11) is 1.64. The van der Waals surface area contributed by atoms with Crippen molar-refractivity contribution in [1.29, 1.82) is 0 Å². The van der Waals surface area contributed by atoms with E-state index in [0.717, 1.165) is 16.3 Å². The van der Waals surface area contributed by atoms with Crippen molar-refractivity contribution in [1.82, 2.24) is 0 Å². The number of nitrogens with one attached hydrogen (secondary N) is 1. The first-order valence-corrected chi connectivity index (χ1v) is 6.62. The molecule has 1 atom stereocenters. The van der Waals surface area contributed by atoms with Gasteiger partial charge < -0.3 is 15.2 Å². The van der Waals surface area contributed by atoms with Crippen LogP contribution in [0.2, 0.25) is 0 Å². The van der Waals surface area contributed by atoms with Gasteiger partial charge in [0.15, 0.2) is 0 Å². The number of rotatable bonds is 5. The van der Waals surface area contributed by atoms with Gasteiger partial charge in [0.25, 0.3) is 0 Å². The van der Waals surface area contributed by atoms with Crippen molar-refractivity contribution in [2.24, 2.45) is 0 Å². The highest BCUT2D eigenvalue weighted by Crippen LogP contribution is 2.27. The highest BCUT2D eigenvalue weighted by molar-refractivity contribution is 7.12. The predicted octanol–water partition coefficient (Wildman–Crippen LogP) is 3.21. The maximum Gasteiger partial charge on any atom is 0.120 e. The lowest BCUT2D eigenvalue weighted by molar-refractivity contribution is 0.277. The normalized spacial score (nSPS) is 12.2. The number of thiophene rings is 1. The molecular weight excluding hydrogens is 246 g/mol. The summed E-state index contributed by atoms with van der Waals surface area (Å²) < 4.78 is 5.18. The fourth-order valence-corrected chi connectivity index (χ4v) is 2.68. The Morgan fingerprint density at radius 3 is 2.78 bits per heavy atom. The molecule has 1 aromatic heterocycles. The Morgan fingerprint density at radius 2 is 2.17 bits per heavy atom. The first-order chi connectivity index (χ1) is 8.72. The number of hydrogen-bond donors (Lipinski definition) is 2. The maximum atomic E-state index is 9.49. The van der Waals surface area contributed by atoms with Crippen LogP contribution in [0.5, 0.6) is 5.75 Å². The number of aliphatic hydroxyl groups is 1. The van der Waals surface area contributed by atoms with Crippen LogP contribution in [-0.4, -0.2) is 18.8 Å². The van der Waals surface area contributed by atoms with Crippen molar-refractivity contribution < 1.29 is 9.84 Å². The van der Waals surface area contributed by atoms with Gasteiger partial charge in [-0.05, 0) is 31.2 Å². The summed E-state index contributed by atoms with van der Waals surface area (Å²) in [5.74, 6) is 0.805. The molecule has 0 spiro atoms. The minimum atomic E-state index is -0.0733. The van der Waals surface area contributed by atoms with E-state index in [2.05, 4.69) is 18.3 Å². The summed E-state index contributed by atoms with van der Waals surface area (Å²) in [6.07, 6.45) is 0. The molecular formula is C14H17NO2S. The molecule has 0 amide bonds. The fourth-order valence-electron chi connectivity index (χ4n) is 1.76. The second kappa shape index (κ2) is 5.89. The van der Waals surface area contributed by atoms with Crippen LogP contribution in [0.25, 0.3) is 0 Å². The Balaban J connectivity index is 2.14. The van der Waals surface area contributed by atoms with Crippen LogP contribution in [-0.2, 0) is 0 Å². The molecule has 0 aliphatic rings. The zero-order chi connectivity index (χ0) is 13.0. The van der Waals surface area contributed by atoms with Crippen LogP contribution in [0.1, 0.15) is 15.8 Å². The first kappa shape index (κ1) is 12.9. The monoisotopic (exact) mass is 263 g/mol. The van der Waals surface area contributed by atoms with Crippen LogP contribution in [0.3, 0.4) is 0 Å². The second-order valence-electron chi connectivity index (χ2n) is 4.06. The molecule has 0 fully saturated rings. The molecule has 0 aliphatic carbocycles. The Bertz CT molecular complexity index is 510. The number of benzene rings is 1. The van der Waals surface area contributed by atoms with Gasteiger partial charge in [0.05, 0.1) is 19.8 Å². The summed E-state index contributed by atoms with van der Waals surface area (Å²) in [6, 6.07) is 11.7. The molecule has 2 N–H and O–H groups in total. The van der Waals surface area contributed by atoms with Crippen LogP contribution >= 0.6 is 11.3 Å². The van der Waals surface area contributed by atoms with E-state index in [1.54, 1.807) is 18.4 Å². The van der Waals surface area contributed by atoms with Crippen LogP contribution in [0.15, 0.2) is 36.4 Å². The topological polar surface area (TPSA) is 41.5 Å². The molecule has 18 heavy (non-hydrogen) atoms. The molecule has 2 rings (SSSR count). The largest absolute Gasteiger partial charge is 0.497 e. The van der Waals surface area contributed by atoms with E-state index in [0.29, 0.717) is 0 Å². The van der Waals surface area contributed by atoms with Crippen LogP contribution in [0, 0.1) is 6.92 Å². The van der Waals surface area contributed by atoms with E-state index in [9.17, 15) is 5.11 Å². The van der Waals surface area contributed by atoms with Gasteiger partial charge in [-0.25, -0.2) is 0 Å². The van der Waals surface area contributed by atoms with Crippen molar-refractivity contribution in [2.45, 2.75) is 13.0 Å². The first-order valence-electron chi connectivity index (χ1n) is 5.80. The molecule has 0 aliphatic heterocycles. The van der Waals surface area contributed by atoms with Gasteiger partial charge in [0.2, 0.25) is 0 Å². The maximum absolute atomic E-state index is 9.49. The van der Waals surface area contributed by atoms with Crippen molar-refractivity contribution in [3.05, 3.63) is 46.2 Å². The number of ether oxygens (including phenoxy) is 1. The lowest BCUT2D eigenvalue weighted by Crippen LogP contribution is -2.13. The number of aliphatic hydroxyl groups excluding tert-OH is 1. The molecule has 0 radical (unpaired) electrons. The highest BCUT2D eigenvalue weighted by atomic mass is 32.1. The standard InChI is InChI=1S/C14H17NO2S/c1-10-6-7-14(18-10)13(9-16)15-11-4-3-5-12(8-11)17-2/h3-8,13,15-16H,9H2,1-2H3. The van der Waals surface area contributed by atoms with E-state index in [4.69, 9.17) is 4.74 Å². The summed E-state index contributed by atoms with van der Waals surface area (Å²) in [5.41, 5.74) is 0.944. The lowest BCUT2D eigenvalue weighted by Gasteiger charge is -2.16. The minimum Gasteiger partial charge on any atom is -0.497 e. The summed E-state index contributed by atoms with van der Waals surface area (Å²) in [4.78, 5) is 2.38. The van der Waals surface area contributed by atoms with E-state index in [1.165, 1.54) is 4.88 Å². The number of aryl methyl sites for hydroxylation is 1. The molecule has 1 heterocycles. The highest BCUT2D eigenvalue weighted by Gasteiger charge is 2.12. The molecule has 0 saturated carbocycles. The van der Waals surface area contributed by atoms with Gasteiger partial charge in [0, 0.05) is 21.5 Å². The predicted molar refractivity (Wildman–Crippen MR) is 75.5 cm³/mol. The van der Waals surface area contributed by atoms with E-state index < -0.39 is 0 Å². The SMILES string of the molecule is COc1cccc(NC(CO)c2ccc(C)s2)c1. The lowest BCUT2D eigenvalue weighted by atomic mass is 10.2.